The number of hydrogen-bond acceptors (Lipinski definition) is 4. The SMILES string of the molecule is CSc1ccc(Cl)c(C(=O)OCC(=O)Nc2cccc(Cl)c2Cl)c1. The zero-order valence-corrected chi connectivity index (χ0v) is 15.5. The van der Waals surface area contributed by atoms with E-state index >= 15 is 0 Å². The van der Waals surface area contributed by atoms with Crippen LogP contribution in [0.15, 0.2) is 41.3 Å². The number of carbonyl (C=O) groups excluding carboxylic acids is 2. The second kappa shape index (κ2) is 8.62. The molecule has 1 N–H and O–H groups in total. The normalized spacial score (nSPS) is 10.3. The molecule has 126 valence electrons. The Bertz CT molecular complexity index is 783. The standard InChI is InChI=1S/C16H12Cl3NO3S/c1-24-9-5-6-11(17)10(7-9)16(22)23-8-14(21)20-13-4-2-3-12(18)15(13)19/h2-7H,8H2,1H3,(H,20,21). The molecular formula is C16H12Cl3NO3S. The van der Waals surface area contributed by atoms with Crippen LogP contribution in [0.2, 0.25) is 15.1 Å². The third kappa shape index (κ3) is 4.80. The third-order valence-corrected chi connectivity index (χ3v) is 4.83. The number of halogens is 3. The van der Waals surface area contributed by atoms with Gasteiger partial charge in [-0.15, -0.1) is 11.8 Å². The highest BCUT2D eigenvalue weighted by Gasteiger charge is 2.15. The van der Waals surface area contributed by atoms with E-state index in [1.54, 1.807) is 36.4 Å². The first-order valence-electron chi connectivity index (χ1n) is 6.67. The van der Waals surface area contributed by atoms with Crippen LogP contribution < -0.4 is 5.32 Å². The lowest BCUT2D eigenvalue weighted by molar-refractivity contribution is -0.119. The van der Waals surface area contributed by atoms with Crippen LogP contribution in [0.25, 0.3) is 0 Å². The van der Waals surface area contributed by atoms with Gasteiger partial charge >= 0.3 is 5.97 Å². The lowest BCUT2D eigenvalue weighted by Gasteiger charge is -2.10. The average molecular weight is 405 g/mol. The molecule has 8 heteroatoms. The second-order valence-electron chi connectivity index (χ2n) is 4.57. The Morgan fingerprint density at radius 2 is 1.88 bits per heavy atom. The highest BCUT2D eigenvalue weighted by molar-refractivity contribution is 7.98. The minimum atomic E-state index is -0.678. The number of hydrogen-bond donors (Lipinski definition) is 1. The Morgan fingerprint density at radius 1 is 1.12 bits per heavy atom. The van der Waals surface area contributed by atoms with Crippen LogP contribution >= 0.6 is 46.6 Å². The van der Waals surface area contributed by atoms with E-state index in [1.807, 2.05) is 6.26 Å². The zero-order valence-electron chi connectivity index (χ0n) is 12.4. The van der Waals surface area contributed by atoms with Gasteiger partial charge in [0.25, 0.3) is 5.91 Å². The van der Waals surface area contributed by atoms with Crippen LogP contribution in [0.4, 0.5) is 5.69 Å². The molecule has 0 atom stereocenters. The molecule has 1 amide bonds. The molecule has 0 aromatic heterocycles. The summed E-state index contributed by atoms with van der Waals surface area (Å²) in [6.45, 7) is -0.471. The molecule has 0 spiro atoms. The van der Waals surface area contributed by atoms with Gasteiger partial charge in [-0.25, -0.2) is 4.79 Å². The van der Waals surface area contributed by atoms with Gasteiger partial charge in [0.15, 0.2) is 6.61 Å². The molecular weight excluding hydrogens is 393 g/mol. The maximum atomic E-state index is 12.1. The van der Waals surface area contributed by atoms with Crippen molar-refractivity contribution in [2.45, 2.75) is 4.90 Å². The van der Waals surface area contributed by atoms with Gasteiger partial charge in [-0.3, -0.25) is 4.79 Å². The predicted molar refractivity (Wildman–Crippen MR) is 98.6 cm³/mol. The zero-order chi connectivity index (χ0) is 17.7. The van der Waals surface area contributed by atoms with Gasteiger partial charge in [0, 0.05) is 4.90 Å². The van der Waals surface area contributed by atoms with Crippen molar-refractivity contribution in [3.05, 3.63) is 57.0 Å². The van der Waals surface area contributed by atoms with Gasteiger partial charge in [0.1, 0.15) is 0 Å². The lowest BCUT2D eigenvalue weighted by atomic mass is 10.2. The van der Waals surface area contributed by atoms with Crippen molar-refractivity contribution >= 4 is 64.1 Å². The maximum Gasteiger partial charge on any atom is 0.340 e. The van der Waals surface area contributed by atoms with Crippen molar-refractivity contribution in [2.24, 2.45) is 0 Å². The van der Waals surface area contributed by atoms with E-state index in [1.165, 1.54) is 11.8 Å². The van der Waals surface area contributed by atoms with Crippen molar-refractivity contribution in [1.82, 2.24) is 0 Å². The Labute approximate surface area is 158 Å². The van der Waals surface area contributed by atoms with Gasteiger partial charge in [0.2, 0.25) is 0 Å². The molecule has 4 nitrogen and oxygen atoms in total. The van der Waals surface area contributed by atoms with E-state index in [4.69, 9.17) is 39.5 Å². The summed E-state index contributed by atoms with van der Waals surface area (Å²) in [6, 6.07) is 9.84. The first-order valence-corrected chi connectivity index (χ1v) is 9.02. The number of esters is 1. The summed E-state index contributed by atoms with van der Waals surface area (Å²) in [7, 11) is 0. The van der Waals surface area contributed by atoms with Crippen LogP contribution in [0.3, 0.4) is 0 Å². The highest BCUT2D eigenvalue weighted by atomic mass is 35.5. The van der Waals surface area contributed by atoms with E-state index in [0.717, 1.165) is 4.90 Å². The number of carbonyl (C=O) groups is 2. The van der Waals surface area contributed by atoms with E-state index < -0.39 is 18.5 Å². The molecule has 0 fully saturated rings. The number of benzene rings is 2. The molecule has 2 aromatic rings. The molecule has 0 bridgehead atoms. The molecule has 0 unspecified atom stereocenters. The summed E-state index contributed by atoms with van der Waals surface area (Å²) < 4.78 is 4.99. The van der Waals surface area contributed by atoms with Crippen molar-refractivity contribution < 1.29 is 14.3 Å². The lowest BCUT2D eigenvalue weighted by Crippen LogP contribution is -2.21. The fourth-order valence-electron chi connectivity index (χ4n) is 1.78. The fourth-order valence-corrected chi connectivity index (χ4v) is 2.77. The minimum absolute atomic E-state index is 0.206. The first kappa shape index (κ1) is 18.9. The summed E-state index contributed by atoms with van der Waals surface area (Å²) in [4.78, 5) is 24.8. The number of rotatable bonds is 5. The molecule has 0 saturated carbocycles. The van der Waals surface area contributed by atoms with Crippen LogP contribution in [-0.2, 0) is 9.53 Å². The number of amides is 1. The Morgan fingerprint density at radius 3 is 2.58 bits per heavy atom. The van der Waals surface area contributed by atoms with Crippen LogP contribution in [0.5, 0.6) is 0 Å². The summed E-state index contributed by atoms with van der Waals surface area (Å²) in [5.74, 6) is -1.21. The van der Waals surface area contributed by atoms with E-state index in [2.05, 4.69) is 5.32 Å². The van der Waals surface area contributed by atoms with Crippen molar-refractivity contribution in [1.29, 1.82) is 0 Å². The molecule has 0 radical (unpaired) electrons. The smallest absolute Gasteiger partial charge is 0.340 e. The first-order chi connectivity index (χ1) is 11.4. The average Bonchev–Trinajstić information content (AvgIpc) is 2.57. The molecule has 24 heavy (non-hydrogen) atoms. The molecule has 0 aliphatic heterocycles. The molecule has 2 rings (SSSR count). The Hall–Kier alpha value is -1.40. The third-order valence-electron chi connectivity index (χ3n) is 2.95. The summed E-state index contributed by atoms with van der Waals surface area (Å²) >= 11 is 19.3. The number of ether oxygens (including phenoxy) is 1. The summed E-state index contributed by atoms with van der Waals surface area (Å²) in [5.41, 5.74) is 0.546. The van der Waals surface area contributed by atoms with Gasteiger partial charge < -0.3 is 10.1 Å². The Balaban J connectivity index is 1.99. The predicted octanol–water partition coefficient (Wildman–Crippen LogP) is 5.16. The van der Waals surface area contributed by atoms with E-state index in [9.17, 15) is 9.59 Å². The summed E-state index contributed by atoms with van der Waals surface area (Å²) in [6.07, 6.45) is 1.88. The van der Waals surface area contributed by atoms with Gasteiger partial charge in [-0.2, -0.15) is 0 Å². The molecule has 0 heterocycles. The summed E-state index contributed by atoms with van der Waals surface area (Å²) in [5, 5.41) is 3.31. The molecule has 0 aliphatic carbocycles. The van der Waals surface area contributed by atoms with Crippen LogP contribution in [0.1, 0.15) is 10.4 Å². The van der Waals surface area contributed by atoms with Crippen LogP contribution in [0, 0.1) is 0 Å². The topological polar surface area (TPSA) is 55.4 Å². The second-order valence-corrected chi connectivity index (χ2v) is 6.64. The largest absolute Gasteiger partial charge is 0.452 e. The van der Waals surface area contributed by atoms with Gasteiger partial charge in [-0.1, -0.05) is 40.9 Å². The minimum Gasteiger partial charge on any atom is -0.452 e. The van der Waals surface area contributed by atoms with Gasteiger partial charge in [-0.05, 0) is 36.6 Å². The number of nitrogens with one attached hydrogen (secondary N) is 1. The highest BCUT2D eigenvalue weighted by Crippen LogP contribution is 2.29. The van der Waals surface area contributed by atoms with Crippen molar-refractivity contribution in [3.63, 3.8) is 0 Å². The molecule has 0 saturated heterocycles. The number of thioether (sulfide) groups is 1. The maximum absolute atomic E-state index is 12.1. The van der Waals surface area contributed by atoms with Crippen molar-refractivity contribution in [2.75, 3.05) is 18.2 Å². The monoisotopic (exact) mass is 403 g/mol. The van der Waals surface area contributed by atoms with Crippen LogP contribution in [-0.4, -0.2) is 24.7 Å². The molecule has 0 aliphatic rings. The van der Waals surface area contributed by atoms with Gasteiger partial charge in [0.05, 0.1) is 26.3 Å². The van der Waals surface area contributed by atoms with E-state index in [0.29, 0.717) is 10.7 Å². The van der Waals surface area contributed by atoms with E-state index in [-0.39, 0.29) is 15.6 Å². The molecule has 2 aromatic carbocycles. The fraction of sp³-hybridized carbons (Fsp3) is 0.125. The van der Waals surface area contributed by atoms with Crippen molar-refractivity contribution in [3.8, 4) is 0 Å². The number of anilines is 1. The Kier molecular flexibility index (Phi) is 6.80. The quantitative estimate of drug-likeness (QED) is 0.552.